The molecule has 4 aromatic rings. The second kappa shape index (κ2) is 8.49. The van der Waals surface area contributed by atoms with Gasteiger partial charge in [-0.05, 0) is 48.5 Å². The number of phenolic OH excluding ortho intramolecular Hbond substituents is 1. The van der Waals surface area contributed by atoms with Crippen LogP contribution in [0.25, 0.3) is 16.6 Å². The van der Waals surface area contributed by atoms with E-state index in [1.165, 1.54) is 6.20 Å². The second-order valence-corrected chi connectivity index (χ2v) is 7.17. The topological polar surface area (TPSA) is 83.2 Å². The number of nitrogens with one attached hydrogen (secondary N) is 2. The average Bonchev–Trinajstić information content (AvgIpc) is 2.77. The van der Waals surface area contributed by atoms with Crippen molar-refractivity contribution in [1.82, 2.24) is 4.98 Å². The molecule has 0 aliphatic rings. The molecule has 0 saturated carbocycles. The van der Waals surface area contributed by atoms with Gasteiger partial charge in [0.1, 0.15) is 0 Å². The molecule has 0 spiro atoms. The molecule has 5 nitrogen and oxygen atoms in total. The van der Waals surface area contributed by atoms with E-state index in [9.17, 15) is 13.9 Å². The van der Waals surface area contributed by atoms with Crippen molar-refractivity contribution in [2.45, 2.75) is 0 Å². The number of nitrogens with two attached hydrogens (primary N) is 1. The molecule has 156 valence electrons. The maximum atomic E-state index is 13.5. The Bertz CT molecular complexity index is 1270. The number of aromatic hydroxyl groups is 1. The van der Waals surface area contributed by atoms with Crippen LogP contribution in [0.5, 0.6) is 5.75 Å². The minimum atomic E-state index is -1.07. The van der Waals surface area contributed by atoms with Crippen LogP contribution >= 0.6 is 11.6 Å². The molecule has 31 heavy (non-hydrogen) atoms. The van der Waals surface area contributed by atoms with E-state index in [4.69, 9.17) is 17.3 Å². The Morgan fingerprint density at radius 2 is 1.68 bits per heavy atom. The number of aromatic nitrogens is 1. The Kier molecular flexibility index (Phi) is 5.60. The van der Waals surface area contributed by atoms with Gasteiger partial charge in [-0.25, -0.2) is 13.8 Å². The van der Waals surface area contributed by atoms with Crippen LogP contribution in [0.4, 0.5) is 25.8 Å². The van der Waals surface area contributed by atoms with Gasteiger partial charge >= 0.3 is 0 Å². The molecule has 0 atom stereocenters. The van der Waals surface area contributed by atoms with Crippen molar-refractivity contribution >= 4 is 45.3 Å². The number of pyridine rings is 1. The number of hydrogen-bond acceptors (Lipinski definition) is 5. The lowest BCUT2D eigenvalue weighted by molar-refractivity contribution is 0.396. The first-order valence-electron chi connectivity index (χ1n) is 9.23. The first-order valence-corrected chi connectivity index (χ1v) is 9.61. The Hall–Kier alpha value is -3.84. The highest BCUT2D eigenvalue weighted by atomic mass is 35.5. The minimum absolute atomic E-state index is 0.103. The summed E-state index contributed by atoms with van der Waals surface area (Å²) in [5.41, 5.74) is 9.42. The smallest absolute Gasteiger partial charge is 0.187 e. The third-order valence-electron chi connectivity index (χ3n) is 4.56. The largest absolute Gasteiger partial charge is 0.503 e. The Morgan fingerprint density at radius 3 is 2.39 bits per heavy atom. The summed E-state index contributed by atoms with van der Waals surface area (Å²) in [4.78, 5) is 4.57. The molecule has 0 bridgehead atoms. The number of nitrogens with zero attached hydrogens (tertiary/aromatic N) is 1. The van der Waals surface area contributed by atoms with Gasteiger partial charge in [-0.3, -0.25) is 0 Å². The van der Waals surface area contributed by atoms with Gasteiger partial charge < -0.3 is 21.5 Å². The Balaban J connectivity index is 1.58. The maximum absolute atomic E-state index is 13.5. The molecule has 1 heterocycles. The van der Waals surface area contributed by atoms with Crippen LogP contribution in [0.15, 0.2) is 72.9 Å². The van der Waals surface area contributed by atoms with Gasteiger partial charge in [0, 0.05) is 45.8 Å². The predicted molar refractivity (Wildman–Crippen MR) is 120 cm³/mol. The number of rotatable bonds is 5. The molecule has 0 fully saturated rings. The van der Waals surface area contributed by atoms with Crippen LogP contribution in [-0.2, 0) is 0 Å². The van der Waals surface area contributed by atoms with Gasteiger partial charge in [0.15, 0.2) is 17.4 Å². The van der Waals surface area contributed by atoms with Gasteiger partial charge in [0.25, 0.3) is 0 Å². The third kappa shape index (κ3) is 4.51. The van der Waals surface area contributed by atoms with E-state index in [-0.39, 0.29) is 11.4 Å². The van der Waals surface area contributed by atoms with Crippen LogP contribution in [-0.4, -0.2) is 10.1 Å². The van der Waals surface area contributed by atoms with Crippen molar-refractivity contribution < 1.29 is 13.9 Å². The van der Waals surface area contributed by atoms with Gasteiger partial charge in [-0.1, -0.05) is 17.7 Å². The summed E-state index contributed by atoms with van der Waals surface area (Å²) in [6.45, 7) is 0. The molecule has 0 aliphatic carbocycles. The fourth-order valence-corrected chi connectivity index (χ4v) is 3.12. The zero-order valence-electron chi connectivity index (χ0n) is 16.0. The van der Waals surface area contributed by atoms with E-state index in [1.54, 1.807) is 18.2 Å². The molecule has 0 saturated heterocycles. The lowest BCUT2D eigenvalue weighted by Crippen LogP contribution is -2.03. The van der Waals surface area contributed by atoms with Crippen LogP contribution in [0.3, 0.4) is 0 Å². The standard InChI is InChI=1S/C23H17ClF2N4O/c24-13-4-6-14(7-5-13)29-20-2-1-3-21-16(20)8-9-22(30-21)19(27)12-28-15-10-17(25)23(31)18(26)11-15/h1-12,28-29,31H,27H2/b19-12-. The first kappa shape index (κ1) is 20.4. The quantitative estimate of drug-likeness (QED) is 0.288. The zero-order valence-corrected chi connectivity index (χ0v) is 16.8. The Labute approximate surface area is 181 Å². The van der Waals surface area contributed by atoms with Crippen LogP contribution < -0.4 is 16.4 Å². The van der Waals surface area contributed by atoms with Crippen molar-refractivity contribution in [3.8, 4) is 5.75 Å². The predicted octanol–water partition coefficient (Wildman–Crippen LogP) is 5.98. The van der Waals surface area contributed by atoms with E-state index in [2.05, 4.69) is 15.6 Å². The molecule has 8 heteroatoms. The third-order valence-corrected chi connectivity index (χ3v) is 4.81. The number of phenols is 1. The van der Waals surface area contributed by atoms with E-state index in [0.717, 1.165) is 34.4 Å². The van der Waals surface area contributed by atoms with Gasteiger partial charge in [-0.15, -0.1) is 0 Å². The molecule has 0 unspecified atom stereocenters. The van der Waals surface area contributed by atoms with Gasteiger partial charge in [0.2, 0.25) is 0 Å². The summed E-state index contributed by atoms with van der Waals surface area (Å²) >= 11 is 5.94. The van der Waals surface area contributed by atoms with Crippen LogP contribution in [0.2, 0.25) is 5.02 Å². The summed E-state index contributed by atoms with van der Waals surface area (Å²) in [6, 6.07) is 18.6. The van der Waals surface area contributed by atoms with Crippen molar-refractivity contribution in [2.75, 3.05) is 10.6 Å². The zero-order chi connectivity index (χ0) is 22.0. The van der Waals surface area contributed by atoms with Crippen molar-refractivity contribution in [1.29, 1.82) is 0 Å². The van der Waals surface area contributed by atoms with E-state index < -0.39 is 17.4 Å². The maximum Gasteiger partial charge on any atom is 0.187 e. The molecule has 1 aromatic heterocycles. The highest BCUT2D eigenvalue weighted by molar-refractivity contribution is 6.30. The summed E-state index contributed by atoms with van der Waals surface area (Å²) < 4.78 is 26.9. The van der Waals surface area contributed by atoms with Crippen molar-refractivity contribution in [3.63, 3.8) is 0 Å². The average molecular weight is 439 g/mol. The normalized spacial score (nSPS) is 11.5. The van der Waals surface area contributed by atoms with E-state index in [0.29, 0.717) is 10.7 Å². The number of anilines is 3. The molecule has 0 aliphatic heterocycles. The number of fused-ring (bicyclic) bond motifs is 1. The summed E-state index contributed by atoms with van der Waals surface area (Å²) in [6.07, 6.45) is 1.38. The fourth-order valence-electron chi connectivity index (χ4n) is 3.00. The Morgan fingerprint density at radius 1 is 0.968 bits per heavy atom. The van der Waals surface area contributed by atoms with Gasteiger partial charge in [0.05, 0.1) is 16.9 Å². The summed E-state index contributed by atoms with van der Waals surface area (Å²) in [5, 5.41) is 16.8. The van der Waals surface area contributed by atoms with E-state index in [1.807, 2.05) is 36.4 Å². The van der Waals surface area contributed by atoms with Crippen LogP contribution in [0, 0.1) is 11.6 Å². The highest BCUT2D eigenvalue weighted by Crippen LogP contribution is 2.28. The SMILES string of the molecule is N/C(=C\Nc1cc(F)c(O)c(F)c1)c1ccc2c(Nc3ccc(Cl)cc3)cccc2n1. The first-order chi connectivity index (χ1) is 14.9. The van der Waals surface area contributed by atoms with E-state index >= 15 is 0 Å². The molecular formula is C23H17ClF2N4O. The highest BCUT2D eigenvalue weighted by Gasteiger charge is 2.10. The monoisotopic (exact) mass is 438 g/mol. The molecule has 0 radical (unpaired) electrons. The lowest BCUT2D eigenvalue weighted by Gasteiger charge is -2.11. The minimum Gasteiger partial charge on any atom is -0.503 e. The summed E-state index contributed by atoms with van der Waals surface area (Å²) in [5.74, 6) is -3.17. The number of halogens is 3. The van der Waals surface area contributed by atoms with Crippen LogP contribution in [0.1, 0.15) is 5.69 Å². The molecular weight excluding hydrogens is 422 g/mol. The van der Waals surface area contributed by atoms with Crippen molar-refractivity contribution in [2.24, 2.45) is 5.73 Å². The molecule has 5 N–H and O–H groups in total. The number of benzene rings is 3. The molecule has 4 rings (SSSR count). The number of hydrogen-bond donors (Lipinski definition) is 4. The fraction of sp³-hybridized carbons (Fsp3) is 0. The van der Waals surface area contributed by atoms with Crippen molar-refractivity contribution in [3.05, 3.63) is 95.3 Å². The van der Waals surface area contributed by atoms with Gasteiger partial charge in [-0.2, -0.15) is 0 Å². The lowest BCUT2D eigenvalue weighted by atomic mass is 10.1. The molecule has 3 aromatic carbocycles. The molecule has 0 amide bonds. The summed E-state index contributed by atoms with van der Waals surface area (Å²) in [7, 11) is 0. The second-order valence-electron chi connectivity index (χ2n) is 6.73.